The fourth-order valence-electron chi connectivity index (χ4n) is 2.53. The van der Waals surface area contributed by atoms with Crippen molar-refractivity contribution in [3.63, 3.8) is 0 Å². The second kappa shape index (κ2) is 7.46. The molecule has 1 fully saturated rings. The van der Waals surface area contributed by atoms with Crippen LogP contribution in [0.3, 0.4) is 0 Å². The van der Waals surface area contributed by atoms with Gasteiger partial charge in [-0.2, -0.15) is 0 Å². The highest BCUT2D eigenvalue weighted by Gasteiger charge is 2.29. The van der Waals surface area contributed by atoms with E-state index in [4.69, 9.17) is 25.8 Å². The molecule has 0 spiro atoms. The Bertz CT molecular complexity index is 706. The van der Waals surface area contributed by atoms with Gasteiger partial charge in [0, 0.05) is 16.1 Å². The number of carbonyl (C=O) groups excluding carboxylic acids is 2. The summed E-state index contributed by atoms with van der Waals surface area (Å²) in [5.74, 6) is 0.442. The Balaban J connectivity index is 1.87. The Labute approximate surface area is 148 Å². The number of nitrogens with zero attached hydrogens (tertiary/aromatic N) is 1. The van der Waals surface area contributed by atoms with Crippen LogP contribution < -0.4 is 4.74 Å². The van der Waals surface area contributed by atoms with E-state index in [1.807, 2.05) is 0 Å². The zero-order valence-corrected chi connectivity index (χ0v) is 14.6. The van der Waals surface area contributed by atoms with Crippen LogP contribution in [0.2, 0.25) is 5.02 Å². The van der Waals surface area contributed by atoms with Gasteiger partial charge in [-0.1, -0.05) is 23.4 Å². The van der Waals surface area contributed by atoms with Crippen molar-refractivity contribution in [3.8, 4) is 5.75 Å². The van der Waals surface area contributed by atoms with Gasteiger partial charge in [-0.3, -0.25) is 4.79 Å². The van der Waals surface area contributed by atoms with Crippen LogP contribution >= 0.6 is 23.4 Å². The Kier molecular flexibility index (Phi) is 5.33. The summed E-state index contributed by atoms with van der Waals surface area (Å²) in [7, 11) is 0. The fourth-order valence-corrected chi connectivity index (χ4v) is 3.72. The summed E-state index contributed by atoms with van der Waals surface area (Å²) in [6.45, 7) is 2.88. The van der Waals surface area contributed by atoms with Gasteiger partial charge >= 0.3 is 5.97 Å². The summed E-state index contributed by atoms with van der Waals surface area (Å²) in [6.07, 6.45) is 1.35. The van der Waals surface area contributed by atoms with E-state index in [9.17, 15) is 9.59 Å². The van der Waals surface area contributed by atoms with Crippen molar-refractivity contribution < 1.29 is 23.8 Å². The third-order valence-corrected chi connectivity index (χ3v) is 4.76. The van der Waals surface area contributed by atoms with Crippen LogP contribution in [-0.2, 0) is 32.2 Å². The average molecular weight is 370 g/mol. The Morgan fingerprint density at radius 3 is 3.12 bits per heavy atom. The quantitative estimate of drug-likeness (QED) is 0.600. The summed E-state index contributed by atoms with van der Waals surface area (Å²) in [5, 5.41) is 1.12. The molecule has 2 aliphatic heterocycles. The molecule has 0 N–H and O–H groups in total. The van der Waals surface area contributed by atoms with Crippen molar-refractivity contribution in [2.75, 3.05) is 19.2 Å². The molecule has 0 aromatic heterocycles. The van der Waals surface area contributed by atoms with E-state index in [-0.39, 0.29) is 31.6 Å². The molecule has 0 saturated carbocycles. The molecule has 8 heteroatoms. The summed E-state index contributed by atoms with van der Waals surface area (Å²) in [4.78, 5) is 25.4. The molecule has 2 heterocycles. The predicted octanol–water partition coefficient (Wildman–Crippen LogP) is 2.69. The number of fused-ring (bicyclic) bond motifs is 1. The third-order valence-electron chi connectivity index (χ3n) is 3.52. The smallest absolute Gasteiger partial charge is 0.333 e. The largest absolute Gasteiger partial charge is 0.467 e. The van der Waals surface area contributed by atoms with Crippen molar-refractivity contribution in [1.29, 1.82) is 0 Å². The second-order valence-electron chi connectivity index (χ2n) is 5.17. The first-order chi connectivity index (χ1) is 11.6. The zero-order chi connectivity index (χ0) is 17.1. The van der Waals surface area contributed by atoms with Gasteiger partial charge in [0.05, 0.1) is 36.6 Å². The number of hydrogen-bond donors (Lipinski definition) is 0. The summed E-state index contributed by atoms with van der Waals surface area (Å²) in [6, 6.07) is 3.55. The zero-order valence-electron chi connectivity index (χ0n) is 13.0. The van der Waals surface area contributed by atoms with E-state index in [2.05, 4.69) is 0 Å². The number of benzene rings is 1. The highest BCUT2D eigenvalue weighted by atomic mass is 35.5. The number of rotatable bonds is 4. The molecular weight excluding hydrogens is 354 g/mol. The number of hydrogen-bond acceptors (Lipinski definition) is 6. The van der Waals surface area contributed by atoms with E-state index in [1.54, 1.807) is 24.0 Å². The highest BCUT2D eigenvalue weighted by molar-refractivity contribution is 8.04. The summed E-state index contributed by atoms with van der Waals surface area (Å²) < 4.78 is 15.8. The van der Waals surface area contributed by atoms with Crippen LogP contribution in [0.25, 0.3) is 0 Å². The summed E-state index contributed by atoms with van der Waals surface area (Å²) in [5.41, 5.74) is 1.63. The molecule has 3 rings (SSSR count). The molecule has 1 aromatic carbocycles. The number of thioether (sulfide) groups is 1. The van der Waals surface area contributed by atoms with Crippen molar-refractivity contribution in [3.05, 3.63) is 39.4 Å². The van der Waals surface area contributed by atoms with E-state index in [1.165, 1.54) is 17.8 Å². The van der Waals surface area contributed by atoms with Crippen LogP contribution in [0.1, 0.15) is 18.1 Å². The molecule has 1 amide bonds. The first-order valence-electron chi connectivity index (χ1n) is 7.42. The Morgan fingerprint density at radius 1 is 1.50 bits per heavy atom. The maximum absolute atomic E-state index is 12.2. The molecule has 0 bridgehead atoms. The van der Waals surface area contributed by atoms with E-state index < -0.39 is 5.97 Å². The number of amides is 1. The van der Waals surface area contributed by atoms with Gasteiger partial charge in [0.15, 0.2) is 6.79 Å². The van der Waals surface area contributed by atoms with Gasteiger partial charge in [-0.25, -0.2) is 4.79 Å². The van der Waals surface area contributed by atoms with E-state index in [0.29, 0.717) is 22.4 Å². The van der Waals surface area contributed by atoms with Crippen molar-refractivity contribution >= 4 is 35.2 Å². The molecule has 1 aromatic rings. The minimum absolute atomic E-state index is 0.0728. The molecular formula is C16H16ClNO5S. The van der Waals surface area contributed by atoms with Gasteiger partial charge in [-0.15, -0.1) is 0 Å². The number of ether oxygens (including phenoxy) is 3. The lowest BCUT2D eigenvalue weighted by atomic mass is 10.1. The van der Waals surface area contributed by atoms with Crippen molar-refractivity contribution in [2.45, 2.75) is 20.1 Å². The van der Waals surface area contributed by atoms with Gasteiger partial charge in [0.2, 0.25) is 5.91 Å². The topological polar surface area (TPSA) is 65.1 Å². The summed E-state index contributed by atoms with van der Waals surface area (Å²) >= 11 is 7.47. The second-order valence-corrected chi connectivity index (χ2v) is 6.60. The van der Waals surface area contributed by atoms with Crippen LogP contribution in [-0.4, -0.2) is 35.9 Å². The Morgan fingerprint density at radius 2 is 2.33 bits per heavy atom. The lowest BCUT2D eigenvalue weighted by molar-refractivity contribution is -0.137. The van der Waals surface area contributed by atoms with Crippen molar-refractivity contribution in [1.82, 2.24) is 4.90 Å². The van der Waals surface area contributed by atoms with Crippen LogP contribution in [0, 0.1) is 0 Å². The monoisotopic (exact) mass is 369 g/mol. The van der Waals surface area contributed by atoms with Gasteiger partial charge in [-0.05, 0) is 19.1 Å². The van der Waals surface area contributed by atoms with Gasteiger partial charge in [0.1, 0.15) is 5.75 Å². The maximum atomic E-state index is 12.2. The molecule has 0 atom stereocenters. The minimum Gasteiger partial charge on any atom is -0.467 e. The van der Waals surface area contributed by atoms with Crippen LogP contribution in [0.15, 0.2) is 23.2 Å². The molecule has 2 aliphatic rings. The molecule has 0 unspecified atom stereocenters. The first-order valence-corrected chi connectivity index (χ1v) is 8.78. The third kappa shape index (κ3) is 3.68. The standard InChI is InChI=1S/C16H16ClNO5S/c1-2-22-15(20)5-14-18(13(19)8-24-14)6-10-3-12(17)4-11-7-21-9-23-16(10)11/h3-5H,2,6-9H2,1H3/b14-5+. The molecule has 24 heavy (non-hydrogen) atoms. The first kappa shape index (κ1) is 17.1. The average Bonchev–Trinajstić information content (AvgIpc) is 2.88. The maximum Gasteiger partial charge on any atom is 0.333 e. The van der Waals surface area contributed by atoms with Gasteiger partial charge in [0.25, 0.3) is 0 Å². The highest BCUT2D eigenvalue weighted by Crippen LogP contribution is 2.36. The SMILES string of the molecule is CCOC(=O)/C=C1/SCC(=O)N1Cc1cc(Cl)cc2c1OCOC2. The van der Waals surface area contributed by atoms with Crippen LogP contribution in [0.5, 0.6) is 5.75 Å². The Hall–Kier alpha value is -1.70. The van der Waals surface area contributed by atoms with E-state index in [0.717, 1.165) is 11.1 Å². The molecule has 128 valence electrons. The molecule has 6 nitrogen and oxygen atoms in total. The number of halogens is 1. The predicted molar refractivity (Wildman–Crippen MR) is 89.5 cm³/mol. The van der Waals surface area contributed by atoms with Crippen molar-refractivity contribution in [2.24, 2.45) is 0 Å². The minimum atomic E-state index is -0.461. The normalized spacial score (nSPS) is 18.5. The number of esters is 1. The lowest BCUT2D eigenvalue weighted by Crippen LogP contribution is -2.25. The van der Waals surface area contributed by atoms with Gasteiger partial charge < -0.3 is 19.1 Å². The van der Waals surface area contributed by atoms with Crippen LogP contribution in [0.4, 0.5) is 0 Å². The molecule has 1 saturated heterocycles. The molecule has 0 radical (unpaired) electrons. The number of carbonyl (C=O) groups is 2. The lowest BCUT2D eigenvalue weighted by Gasteiger charge is -2.24. The van der Waals surface area contributed by atoms with E-state index >= 15 is 0 Å². The molecule has 0 aliphatic carbocycles. The fraction of sp³-hybridized carbons (Fsp3) is 0.375.